The minimum Gasteiger partial charge on any atom is -0.508 e. The van der Waals surface area contributed by atoms with Crippen molar-refractivity contribution in [1.82, 2.24) is 4.98 Å². The van der Waals surface area contributed by atoms with Crippen molar-refractivity contribution in [2.24, 2.45) is 0 Å². The molecule has 0 saturated carbocycles. The Hall–Kier alpha value is -3.81. The Bertz CT molecular complexity index is 1100. The highest BCUT2D eigenvalue weighted by Gasteiger charge is 2.31. The fraction of sp³-hybridized carbons (Fsp3) is 0. The van der Waals surface area contributed by atoms with Gasteiger partial charge in [-0.3, -0.25) is 14.9 Å². The molecule has 8 nitrogen and oxygen atoms in total. The first-order valence-corrected chi connectivity index (χ1v) is 7.20. The number of aromatic hydroxyl groups is 2. The number of aromatic nitrogens is 1. The standard InChI is InChI=1S/C17H10N2O6/c20-9-5-12(21)15-13(6-9)25-14(17(15)22)4-8-7-18-16-10(8)2-1-3-11(16)19(23)24/h1-7,18,20-21H. The Kier molecular flexibility index (Phi) is 3.01. The molecule has 0 saturated heterocycles. The summed E-state index contributed by atoms with van der Waals surface area (Å²) in [5.41, 5.74) is 0.753. The quantitative estimate of drug-likeness (QED) is 0.374. The number of benzene rings is 2. The zero-order chi connectivity index (χ0) is 17.7. The van der Waals surface area contributed by atoms with Crippen molar-refractivity contribution in [3.63, 3.8) is 0 Å². The number of H-pyrrole nitrogens is 1. The molecular weight excluding hydrogens is 328 g/mol. The Balaban J connectivity index is 1.82. The molecule has 0 amide bonds. The van der Waals surface area contributed by atoms with Crippen molar-refractivity contribution in [2.75, 3.05) is 0 Å². The predicted octanol–water partition coefficient (Wildman–Crippen LogP) is 3.10. The molecule has 0 atom stereocenters. The normalized spacial score (nSPS) is 14.7. The molecule has 8 heteroatoms. The van der Waals surface area contributed by atoms with Gasteiger partial charge in [0.2, 0.25) is 5.78 Å². The van der Waals surface area contributed by atoms with Crippen LogP contribution in [0.4, 0.5) is 5.69 Å². The summed E-state index contributed by atoms with van der Waals surface area (Å²) in [6.07, 6.45) is 2.96. The summed E-state index contributed by atoms with van der Waals surface area (Å²) in [5, 5.41) is 31.0. The summed E-state index contributed by atoms with van der Waals surface area (Å²) < 4.78 is 5.42. The van der Waals surface area contributed by atoms with Gasteiger partial charge < -0.3 is 19.9 Å². The number of allylic oxidation sites excluding steroid dienone is 1. The number of para-hydroxylation sites is 1. The third-order valence-electron chi connectivity index (χ3n) is 3.95. The van der Waals surface area contributed by atoms with Crippen LogP contribution in [-0.2, 0) is 0 Å². The summed E-state index contributed by atoms with van der Waals surface area (Å²) in [6.45, 7) is 0. The topological polar surface area (TPSA) is 126 Å². The van der Waals surface area contributed by atoms with E-state index in [0.717, 1.165) is 6.07 Å². The van der Waals surface area contributed by atoms with E-state index < -0.39 is 10.7 Å². The number of hydrogen-bond donors (Lipinski definition) is 3. The van der Waals surface area contributed by atoms with Gasteiger partial charge in [-0.2, -0.15) is 0 Å². The number of ether oxygens (including phenoxy) is 1. The summed E-state index contributed by atoms with van der Waals surface area (Å²) in [5.74, 6) is -1.14. The molecule has 2 heterocycles. The molecule has 0 aliphatic carbocycles. The van der Waals surface area contributed by atoms with E-state index in [9.17, 15) is 25.1 Å². The van der Waals surface area contributed by atoms with Crippen molar-refractivity contribution in [2.45, 2.75) is 0 Å². The van der Waals surface area contributed by atoms with Gasteiger partial charge in [-0.1, -0.05) is 12.1 Å². The summed E-state index contributed by atoms with van der Waals surface area (Å²) >= 11 is 0. The first kappa shape index (κ1) is 14.8. The Morgan fingerprint density at radius 1 is 1.24 bits per heavy atom. The number of phenols is 2. The number of rotatable bonds is 2. The van der Waals surface area contributed by atoms with Crippen LogP contribution in [0.15, 0.2) is 42.3 Å². The maximum Gasteiger partial charge on any atom is 0.293 e. The average Bonchev–Trinajstić information content (AvgIpc) is 3.09. The molecule has 0 unspecified atom stereocenters. The second-order valence-corrected chi connectivity index (χ2v) is 5.48. The van der Waals surface area contributed by atoms with Crippen LogP contribution in [0.25, 0.3) is 17.0 Å². The van der Waals surface area contributed by atoms with Gasteiger partial charge in [-0.15, -0.1) is 0 Å². The molecule has 4 rings (SSSR count). The maximum atomic E-state index is 12.4. The minimum absolute atomic E-state index is 0.0325. The van der Waals surface area contributed by atoms with E-state index in [0.29, 0.717) is 16.5 Å². The van der Waals surface area contributed by atoms with E-state index in [1.165, 1.54) is 24.4 Å². The lowest BCUT2D eigenvalue weighted by atomic mass is 10.1. The van der Waals surface area contributed by atoms with Gasteiger partial charge >= 0.3 is 0 Å². The lowest BCUT2D eigenvalue weighted by Gasteiger charge is -2.00. The number of carbonyl (C=O) groups is 1. The Labute approximate surface area is 139 Å². The third kappa shape index (κ3) is 2.19. The molecule has 0 spiro atoms. The van der Waals surface area contributed by atoms with Crippen LogP contribution >= 0.6 is 0 Å². The van der Waals surface area contributed by atoms with Crippen molar-refractivity contribution in [1.29, 1.82) is 0 Å². The second-order valence-electron chi connectivity index (χ2n) is 5.48. The highest BCUT2D eigenvalue weighted by molar-refractivity contribution is 6.16. The molecule has 25 heavy (non-hydrogen) atoms. The zero-order valence-electron chi connectivity index (χ0n) is 12.5. The lowest BCUT2D eigenvalue weighted by Crippen LogP contribution is -1.98. The number of nitrogens with zero attached hydrogens (tertiary/aromatic N) is 1. The van der Waals surface area contributed by atoms with E-state index in [1.54, 1.807) is 12.1 Å². The van der Waals surface area contributed by atoms with Crippen molar-refractivity contribution in [3.05, 3.63) is 63.5 Å². The number of hydrogen-bond acceptors (Lipinski definition) is 6. The van der Waals surface area contributed by atoms with Gasteiger partial charge in [0, 0.05) is 35.3 Å². The highest BCUT2D eigenvalue weighted by atomic mass is 16.6. The third-order valence-corrected chi connectivity index (χ3v) is 3.95. The SMILES string of the molecule is O=C1C(=Cc2c[nH]c3c([N+](=O)[O-])cccc23)Oc2cc(O)cc(O)c21. The second kappa shape index (κ2) is 5.10. The van der Waals surface area contributed by atoms with E-state index in [4.69, 9.17) is 4.74 Å². The molecular formula is C17H10N2O6. The van der Waals surface area contributed by atoms with Crippen LogP contribution in [0.3, 0.4) is 0 Å². The first-order valence-electron chi connectivity index (χ1n) is 7.20. The molecule has 1 aromatic heterocycles. The average molecular weight is 338 g/mol. The van der Waals surface area contributed by atoms with E-state index in [-0.39, 0.29) is 34.3 Å². The molecule has 1 aliphatic heterocycles. The summed E-state index contributed by atoms with van der Waals surface area (Å²) in [4.78, 5) is 25.8. The summed E-state index contributed by atoms with van der Waals surface area (Å²) in [6, 6.07) is 6.89. The van der Waals surface area contributed by atoms with Gasteiger partial charge in [0.05, 0.1) is 4.92 Å². The number of nitro groups is 1. The molecule has 3 N–H and O–H groups in total. The van der Waals surface area contributed by atoms with Crippen LogP contribution in [-0.4, -0.2) is 25.9 Å². The number of non-ortho nitro benzene ring substituents is 1. The molecule has 2 aromatic carbocycles. The molecule has 0 bridgehead atoms. The van der Waals surface area contributed by atoms with E-state index in [2.05, 4.69) is 4.98 Å². The number of phenolic OH excluding ortho intramolecular Hbond substituents is 2. The van der Waals surface area contributed by atoms with E-state index in [1.807, 2.05) is 0 Å². The van der Waals surface area contributed by atoms with Crippen LogP contribution < -0.4 is 4.74 Å². The van der Waals surface area contributed by atoms with Crippen LogP contribution in [0.5, 0.6) is 17.2 Å². The molecule has 1 aliphatic rings. The maximum absolute atomic E-state index is 12.4. The number of nitro benzene ring substituents is 1. The van der Waals surface area contributed by atoms with Crippen molar-refractivity contribution in [3.8, 4) is 17.2 Å². The molecule has 124 valence electrons. The van der Waals surface area contributed by atoms with Gasteiger partial charge in [-0.25, -0.2) is 0 Å². The highest BCUT2D eigenvalue weighted by Crippen LogP contribution is 2.41. The van der Waals surface area contributed by atoms with Crippen LogP contribution in [0.2, 0.25) is 0 Å². The zero-order valence-corrected chi connectivity index (χ0v) is 12.5. The van der Waals surface area contributed by atoms with Crippen LogP contribution in [0, 0.1) is 10.1 Å². The number of nitrogens with one attached hydrogen (secondary N) is 1. The first-order chi connectivity index (χ1) is 12.0. The molecule has 0 fully saturated rings. The number of Topliss-reactive ketones (excluding diaryl/α,β-unsaturated/α-hetero) is 1. The smallest absolute Gasteiger partial charge is 0.293 e. The fourth-order valence-corrected chi connectivity index (χ4v) is 2.85. The van der Waals surface area contributed by atoms with E-state index >= 15 is 0 Å². The number of fused-ring (bicyclic) bond motifs is 2. The Morgan fingerprint density at radius 2 is 2.04 bits per heavy atom. The monoisotopic (exact) mass is 338 g/mol. The molecule has 0 radical (unpaired) electrons. The molecule has 3 aromatic rings. The van der Waals surface area contributed by atoms with Gasteiger partial charge in [0.25, 0.3) is 5.69 Å². The van der Waals surface area contributed by atoms with Gasteiger partial charge in [-0.05, 0) is 6.08 Å². The summed E-state index contributed by atoms with van der Waals surface area (Å²) in [7, 11) is 0. The fourth-order valence-electron chi connectivity index (χ4n) is 2.85. The number of aromatic amines is 1. The van der Waals surface area contributed by atoms with Gasteiger partial charge in [0.1, 0.15) is 28.3 Å². The minimum atomic E-state index is -0.535. The van der Waals surface area contributed by atoms with Crippen LogP contribution in [0.1, 0.15) is 15.9 Å². The Morgan fingerprint density at radius 3 is 2.80 bits per heavy atom. The van der Waals surface area contributed by atoms with Crippen molar-refractivity contribution < 1.29 is 24.7 Å². The lowest BCUT2D eigenvalue weighted by molar-refractivity contribution is -0.383. The predicted molar refractivity (Wildman–Crippen MR) is 87.7 cm³/mol. The number of ketones is 1. The van der Waals surface area contributed by atoms with Crippen molar-refractivity contribution >= 4 is 28.4 Å². The largest absolute Gasteiger partial charge is 0.508 e. The van der Waals surface area contributed by atoms with Gasteiger partial charge in [0.15, 0.2) is 5.76 Å². The number of carbonyl (C=O) groups excluding carboxylic acids is 1.